The van der Waals surface area contributed by atoms with E-state index in [-0.39, 0.29) is 42.7 Å². The van der Waals surface area contributed by atoms with Gasteiger partial charge in [-0.1, -0.05) is 12.1 Å². The third kappa shape index (κ3) is 4.27. The largest absolute Gasteiger partial charge is 0.416 e. The number of alkyl halides is 4. The molecule has 11 heteroatoms. The van der Waals surface area contributed by atoms with Crippen molar-refractivity contribution in [2.75, 3.05) is 31.2 Å². The van der Waals surface area contributed by atoms with Crippen LogP contribution in [-0.4, -0.2) is 57.5 Å². The van der Waals surface area contributed by atoms with Crippen LogP contribution in [0, 0.1) is 0 Å². The van der Waals surface area contributed by atoms with Gasteiger partial charge in [0.15, 0.2) is 0 Å². The van der Waals surface area contributed by atoms with Gasteiger partial charge in [-0.2, -0.15) is 13.2 Å². The standard InChI is InChI=1S/C27H27F4N5O2/c1-25(28)12-35(13-25)10-17-6-20-21(22(7-17)27(29,30)31)11-36(24(20)37)19-5-3-4-18(8-19)26(14-38-15-26)9-23-33-32-16-34(23)2/h3-8,16H,9-15H2,1-2H3. The molecule has 0 N–H and O–H groups in total. The number of hydrogen-bond donors (Lipinski definition) is 0. The predicted octanol–water partition coefficient (Wildman–Crippen LogP) is 4.05. The van der Waals surface area contributed by atoms with Crippen LogP contribution in [0.5, 0.6) is 0 Å². The van der Waals surface area contributed by atoms with Crippen LogP contribution in [0.4, 0.5) is 23.2 Å². The molecule has 0 aliphatic carbocycles. The van der Waals surface area contributed by atoms with E-state index in [0.717, 1.165) is 17.5 Å². The first-order valence-electron chi connectivity index (χ1n) is 12.4. The van der Waals surface area contributed by atoms with Crippen molar-refractivity contribution in [2.45, 2.75) is 43.7 Å². The first kappa shape index (κ1) is 25.0. The summed E-state index contributed by atoms with van der Waals surface area (Å²) in [5.41, 5.74) is -0.692. The molecule has 7 nitrogen and oxygen atoms in total. The molecule has 0 saturated carbocycles. The quantitative estimate of drug-likeness (QED) is 0.451. The molecule has 0 spiro atoms. The van der Waals surface area contributed by atoms with E-state index in [1.807, 2.05) is 29.8 Å². The SMILES string of the molecule is Cn1cnnc1CC1(c2cccc(N3Cc4c(cc(CN5CC(C)(F)C5)cc4C(F)(F)F)C3=O)c2)COC1. The van der Waals surface area contributed by atoms with Crippen LogP contribution in [0.2, 0.25) is 0 Å². The molecule has 3 aromatic rings. The maximum atomic E-state index is 14.1. The fraction of sp³-hybridized carbons (Fsp3) is 0.444. The van der Waals surface area contributed by atoms with Gasteiger partial charge in [-0.05, 0) is 47.9 Å². The molecule has 1 amide bonds. The summed E-state index contributed by atoms with van der Waals surface area (Å²) in [4.78, 5) is 16.6. The molecular formula is C27H27F4N5O2. The molecule has 3 aliphatic rings. The predicted molar refractivity (Wildman–Crippen MR) is 130 cm³/mol. The van der Waals surface area contributed by atoms with Gasteiger partial charge in [-0.15, -0.1) is 10.2 Å². The highest BCUT2D eigenvalue weighted by molar-refractivity contribution is 6.10. The van der Waals surface area contributed by atoms with Crippen LogP contribution in [0.15, 0.2) is 42.7 Å². The number of nitrogens with zero attached hydrogens (tertiary/aromatic N) is 5. The Kier molecular flexibility index (Phi) is 5.66. The van der Waals surface area contributed by atoms with E-state index in [1.165, 1.54) is 17.9 Å². The van der Waals surface area contributed by atoms with Gasteiger partial charge in [0, 0.05) is 49.8 Å². The zero-order valence-electron chi connectivity index (χ0n) is 21.1. The summed E-state index contributed by atoms with van der Waals surface area (Å²) < 4.78 is 63.6. The Labute approximate surface area is 217 Å². The minimum Gasteiger partial charge on any atom is -0.379 e. The van der Waals surface area contributed by atoms with Crippen LogP contribution >= 0.6 is 0 Å². The second-order valence-corrected chi connectivity index (χ2v) is 11.0. The molecule has 0 bridgehead atoms. The third-order valence-electron chi connectivity index (χ3n) is 7.75. The summed E-state index contributed by atoms with van der Waals surface area (Å²) in [6.07, 6.45) is -2.41. The van der Waals surface area contributed by atoms with Gasteiger partial charge in [0.2, 0.25) is 0 Å². The van der Waals surface area contributed by atoms with Gasteiger partial charge in [0.1, 0.15) is 17.8 Å². The Morgan fingerprint density at radius 2 is 1.89 bits per heavy atom. The first-order chi connectivity index (χ1) is 17.9. The van der Waals surface area contributed by atoms with Crippen molar-refractivity contribution in [3.63, 3.8) is 0 Å². The van der Waals surface area contributed by atoms with E-state index in [9.17, 15) is 22.4 Å². The minimum atomic E-state index is -4.62. The van der Waals surface area contributed by atoms with Crippen molar-refractivity contribution in [1.82, 2.24) is 19.7 Å². The van der Waals surface area contributed by atoms with Gasteiger partial charge in [-0.25, -0.2) is 4.39 Å². The highest BCUT2D eigenvalue weighted by Crippen LogP contribution is 2.42. The van der Waals surface area contributed by atoms with Gasteiger partial charge in [-0.3, -0.25) is 9.69 Å². The highest BCUT2D eigenvalue weighted by Gasteiger charge is 2.44. The van der Waals surface area contributed by atoms with Gasteiger partial charge in [0.25, 0.3) is 5.91 Å². The van der Waals surface area contributed by atoms with Crippen molar-refractivity contribution in [3.8, 4) is 0 Å². The van der Waals surface area contributed by atoms with Crippen molar-refractivity contribution < 1.29 is 27.1 Å². The summed E-state index contributed by atoms with van der Waals surface area (Å²) in [6, 6.07) is 9.98. The summed E-state index contributed by atoms with van der Waals surface area (Å²) in [6.45, 7) is 2.68. The topological polar surface area (TPSA) is 63.5 Å². The maximum Gasteiger partial charge on any atom is 0.416 e. The summed E-state index contributed by atoms with van der Waals surface area (Å²) in [5, 5.41) is 8.14. The van der Waals surface area contributed by atoms with E-state index in [1.54, 1.807) is 17.3 Å². The molecular weight excluding hydrogens is 502 g/mol. The van der Waals surface area contributed by atoms with Crippen molar-refractivity contribution in [2.24, 2.45) is 7.05 Å². The Morgan fingerprint density at radius 1 is 1.13 bits per heavy atom. The molecule has 3 aliphatic heterocycles. The number of fused-ring (bicyclic) bond motifs is 1. The Balaban J connectivity index is 1.31. The molecule has 6 rings (SSSR count). The van der Waals surface area contributed by atoms with Gasteiger partial charge < -0.3 is 14.2 Å². The number of likely N-dealkylation sites (tertiary alicyclic amines) is 1. The molecule has 1 aromatic heterocycles. The van der Waals surface area contributed by atoms with Crippen molar-refractivity contribution >= 4 is 11.6 Å². The van der Waals surface area contributed by atoms with Crippen LogP contribution in [0.3, 0.4) is 0 Å². The van der Waals surface area contributed by atoms with E-state index < -0.39 is 23.3 Å². The van der Waals surface area contributed by atoms with Gasteiger partial charge in [0.05, 0.1) is 25.3 Å². The van der Waals surface area contributed by atoms with E-state index >= 15 is 0 Å². The minimum absolute atomic E-state index is 0.0311. The number of amides is 1. The lowest BCUT2D eigenvalue weighted by Crippen LogP contribution is -2.56. The van der Waals surface area contributed by atoms with Crippen molar-refractivity contribution in [3.05, 3.63) is 76.4 Å². The lowest BCUT2D eigenvalue weighted by Gasteiger charge is -2.42. The van der Waals surface area contributed by atoms with Crippen molar-refractivity contribution in [1.29, 1.82) is 0 Å². The number of hydrogen-bond acceptors (Lipinski definition) is 5. The fourth-order valence-corrected chi connectivity index (χ4v) is 5.77. The lowest BCUT2D eigenvalue weighted by molar-refractivity contribution is -0.138. The van der Waals surface area contributed by atoms with E-state index in [2.05, 4.69) is 10.2 Å². The summed E-state index contributed by atoms with van der Waals surface area (Å²) in [7, 11) is 1.86. The third-order valence-corrected chi connectivity index (χ3v) is 7.75. The number of aryl methyl sites for hydroxylation is 1. The number of ether oxygens (including phenoxy) is 1. The summed E-state index contributed by atoms with van der Waals surface area (Å²) in [5.74, 6) is 0.316. The second kappa shape index (κ2) is 8.60. The average Bonchev–Trinajstić information content (AvgIpc) is 3.36. The number of benzene rings is 2. The monoisotopic (exact) mass is 529 g/mol. The lowest BCUT2D eigenvalue weighted by atomic mass is 9.75. The number of aromatic nitrogens is 3. The first-order valence-corrected chi connectivity index (χ1v) is 12.4. The molecule has 0 atom stereocenters. The van der Waals surface area contributed by atoms with Crippen LogP contribution in [-0.2, 0) is 42.9 Å². The second-order valence-electron chi connectivity index (χ2n) is 11.0. The zero-order valence-corrected chi connectivity index (χ0v) is 21.1. The van der Waals surface area contributed by atoms with Crippen LogP contribution in [0.1, 0.15) is 45.4 Å². The van der Waals surface area contributed by atoms with Gasteiger partial charge >= 0.3 is 6.18 Å². The molecule has 2 aromatic carbocycles. The summed E-state index contributed by atoms with van der Waals surface area (Å²) >= 11 is 0. The molecule has 2 fully saturated rings. The molecule has 4 heterocycles. The number of rotatable bonds is 6. The Morgan fingerprint density at radius 3 is 2.50 bits per heavy atom. The maximum absolute atomic E-state index is 14.1. The molecule has 0 unspecified atom stereocenters. The number of carbonyl (C=O) groups excluding carboxylic acids is 1. The molecule has 38 heavy (non-hydrogen) atoms. The smallest absolute Gasteiger partial charge is 0.379 e. The normalized spacial score (nSPS) is 20.3. The Bertz CT molecular complexity index is 1400. The molecule has 0 radical (unpaired) electrons. The zero-order chi connectivity index (χ0) is 26.9. The van der Waals surface area contributed by atoms with Crippen LogP contribution in [0.25, 0.3) is 0 Å². The Hall–Kier alpha value is -3.31. The molecule has 2 saturated heterocycles. The fourth-order valence-electron chi connectivity index (χ4n) is 5.77. The number of carbonyl (C=O) groups is 1. The molecule has 200 valence electrons. The van der Waals surface area contributed by atoms with Crippen LogP contribution < -0.4 is 4.90 Å². The van der Waals surface area contributed by atoms with E-state index in [0.29, 0.717) is 30.9 Å². The number of anilines is 1. The average molecular weight is 530 g/mol. The highest BCUT2D eigenvalue weighted by atomic mass is 19.4. The van der Waals surface area contributed by atoms with E-state index in [4.69, 9.17) is 4.74 Å². The number of halogens is 4.